The SMILES string of the molecule is Cc1ccc(-c2oc3ccc(Cl)cc3c2[S@](C)=O)cc1. The van der Waals surface area contributed by atoms with E-state index in [0.29, 0.717) is 21.3 Å². The largest absolute Gasteiger partial charge is 0.455 e. The molecule has 0 fully saturated rings. The third-order valence-corrected chi connectivity index (χ3v) is 4.42. The number of aryl methyl sites for hydroxylation is 1. The normalized spacial score (nSPS) is 12.8. The van der Waals surface area contributed by atoms with Crippen LogP contribution in [0.1, 0.15) is 5.56 Å². The van der Waals surface area contributed by atoms with Gasteiger partial charge in [0.15, 0.2) is 5.76 Å². The number of halogens is 1. The molecule has 3 rings (SSSR count). The first-order valence-electron chi connectivity index (χ1n) is 6.19. The van der Waals surface area contributed by atoms with Gasteiger partial charge in [0.25, 0.3) is 0 Å². The average Bonchev–Trinajstić information content (AvgIpc) is 2.78. The molecule has 0 bridgehead atoms. The number of hydrogen-bond donors (Lipinski definition) is 0. The number of rotatable bonds is 2. The molecule has 20 heavy (non-hydrogen) atoms. The van der Waals surface area contributed by atoms with E-state index in [-0.39, 0.29) is 0 Å². The van der Waals surface area contributed by atoms with Crippen LogP contribution in [0.4, 0.5) is 0 Å². The van der Waals surface area contributed by atoms with Gasteiger partial charge in [0, 0.05) is 22.2 Å². The average molecular weight is 305 g/mol. The molecule has 0 spiro atoms. The van der Waals surface area contributed by atoms with Gasteiger partial charge < -0.3 is 4.42 Å². The minimum absolute atomic E-state index is 0.612. The predicted octanol–water partition coefficient (Wildman–Crippen LogP) is 4.80. The lowest BCUT2D eigenvalue weighted by atomic mass is 10.1. The van der Waals surface area contributed by atoms with Crippen molar-refractivity contribution in [2.75, 3.05) is 6.26 Å². The lowest BCUT2D eigenvalue weighted by Crippen LogP contribution is -1.89. The van der Waals surface area contributed by atoms with E-state index in [4.69, 9.17) is 16.0 Å². The van der Waals surface area contributed by atoms with Crippen LogP contribution in [0.2, 0.25) is 5.02 Å². The van der Waals surface area contributed by atoms with Gasteiger partial charge in [-0.1, -0.05) is 41.4 Å². The van der Waals surface area contributed by atoms with Crippen LogP contribution in [0.5, 0.6) is 0 Å². The van der Waals surface area contributed by atoms with Crippen molar-refractivity contribution >= 4 is 33.4 Å². The van der Waals surface area contributed by atoms with E-state index in [1.54, 1.807) is 18.4 Å². The fraction of sp³-hybridized carbons (Fsp3) is 0.125. The van der Waals surface area contributed by atoms with E-state index < -0.39 is 10.8 Å². The molecule has 102 valence electrons. The summed E-state index contributed by atoms with van der Waals surface area (Å²) in [6.45, 7) is 2.03. The van der Waals surface area contributed by atoms with Gasteiger partial charge in [0.1, 0.15) is 5.58 Å². The second kappa shape index (κ2) is 5.08. The summed E-state index contributed by atoms with van der Waals surface area (Å²) in [6, 6.07) is 13.4. The lowest BCUT2D eigenvalue weighted by molar-refractivity contribution is 0.622. The first-order valence-corrected chi connectivity index (χ1v) is 8.12. The zero-order valence-electron chi connectivity index (χ0n) is 11.1. The fourth-order valence-electron chi connectivity index (χ4n) is 2.23. The van der Waals surface area contributed by atoms with Gasteiger partial charge in [0.05, 0.1) is 15.7 Å². The van der Waals surface area contributed by atoms with Crippen molar-refractivity contribution in [1.29, 1.82) is 0 Å². The summed E-state index contributed by atoms with van der Waals surface area (Å²) in [5.74, 6) is 0.656. The first-order chi connectivity index (χ1) is 9.56. The van der Waals surface area contributed by atoms with E-state index >= 15 is 0 Å². The Kier molecular flexibility index (Phi) is 3.40. The van der Waals surface area contributed by atoms with E-state index in [1.807, 2.05) is 37.3 Å². The summed E-state index contributed by atoms with van der Waals surface area (Å²) >= 11 is 6.03. The second-order valence-corrected chi connectivity index (χ2v) is 6.47. The third kappa shape index (κ3) is 2.28. The Labute approximate surface area is 124 Å². The Morgan fingerprint density at radius 1 is 1.10 bits per heavy atom. The quantitative estimate of drug-likeness (QED) is 0.681. The van der Waals surface area contributed by atoms with E-state index in [2.05, 4.69) is 0 Å². The number of benzene rings is 2. The van der Waals surface area contributed by atoms with Crippen LogP contribution < -0.4 is 0 Å². The molecule has 2 aromatic carbocycles. The van der Waals surface area contributed by atoms with Gasteiger partial charge in [-0.25, -0.2) is 0 Å². The fourth-order valence-corrected chi connectivity index (χ4v) is 3.29. The predicted molar refractivity (Wildman–Crippen MR) is 83.7 cm³/mol. The van der Waals surface area contributed by atoms with Crippen molar-refractivity contribution in [3.8, 4) is 11.3 Å². The summed E-state index contributed by atoms with van der Waals surface area (Å²) in [5, 5.41) is 1.43. The Morgan fingerprint density at radius 2 is 1.80 bits per heavy atom. The van der Waals surface area contributed by atoms with E-state index in [9.17, 15) is 4.21 Å². The summed E-state index contributed by atoms with van der Waals surface area (Å²) in [4.78, 5) is 0.700. The topological polar surface area (TPSA) is 30.2 Å². The minimum atomic E-state index is -1.15. The molecule has 3 aromatic rings. The molecule has 0 aliphatic rings. The molecular weight excluding hydrogens is 292 g/mol. The van der Waals surface area contributed by atoms with Gasteiger partial charge in [0.2, 0.25) is 0 Å². The molecule has 1 aromatic heterocycles. The van der Waals surface area contributed by atoms with Gasteiger partial charge in [-0.3, -0.25) is 4.21 Å². The number of furan rings is 1. The first kappa shape index (κ1) is 13.4. The summed E-state index contributed by atoms with van der Waals surface area (Å²) in [6.07, 6.45) is 1.66. The highest BCUT2D eigenvalue weighted by atomic mass is 35.5. The third-order valence-electron chi connectivity index (χ3n) is 3.21. The molecule has 0 N–H and O–H groups in total. The van der Waals surface area contributed by atoms with Crippen LogP contribution in [-0.4, -0.2) is 10.5 Å². The Bertz CT molecular complexity index is 803. The monoisotopic (exact) mass is 304 g/mol. The maximum absolute atomic E-state index is 12.1. The van der Waals surface area contributed by atoms with Crippen molar-refractivity contribution in [3.05, 3.63) is 53.1 Å². The molecule has 0 radical (unpaired) electrons. The Balaban J connectivity index is 2.32. The van der Waals surface area contributed by atoms with Crippen molar-refractivity contribution in [1.82, 2.24) is 0 Å². The highest BCUT2D eigenvalue weighted by Gasteiger charge is 2.18. The van der Waals surface area contributed by atoms with Crippen LogP contribution in [0.15, 0.2) is 51.8 Å². The van der Waals surface area contributed by atoms with Crippen molar-refractivity contribution in [2.45, 2.75) is 11.8 Å². The molecular formula is C16H13ClO2S. The lowest BCUT2D eigenvalue weighted by Gasteiger charge is -2.01. The molecule has 1 heterocycles. The zero-order valence-corrected chi connectivity index (χ0v) is 12.7. The van der Waals surface area contributed by atoms with Gasteiger partial charge in [-0.15, -0.1) is 0 Å². The molecule has 0 amide bonds. The van der Waals surface area contributed by atoms with Gasteiger partial charge >= 0.3 is 0 Å². The Hall–Kier alpha value is -1.58. The second-order valence-electron chi connectivity index (χ2n) is 4.72. The molecule has 0 saturated carbocycles. The minimum Gasteiger partial charge on any atom is -0.455 e. The number of fused-ring (bicyclic) bond motifs is 1. The molecule has 1 atom stereocenters. The summed E-state index contributed by atoms with van der Waals surface area (Å²) in [5.41, 5.74) is 2.80. The summed E-state index contributed by atoms with van der Waals surface area (Å²) < 4.78 is 18.0. The molecule has 0 aliphatic heterocycles. The molecule has 0 aliphatic carbocycles. The standard InChI is InChI=1S/C16H13ClO2S/c1-10-3-5-11(6-4-10)15-16(20(2)18)13-9-12(17)7-8-14(13)19-15/h3-9H,1-2H3/t20-/m0/s1. The van der Waals surface area contributed by atoms with Crippen LogP contribution >= 0.6 is 11.6 Å². The maximum atomic E-state index is 12.1. The van der Waals surface area contributed by atoms with E-state index in [0.717, 1.165) is 10.9 Å². The molecule has 4 heteroatoms. The molecule has 0 saturated heterocycles. The molecule has 0 unspecified atom stereocenters. The van der Waals surface area contributed by atoms with Crippen LogP contribution in [0, 0.1) is 6.92 Å². The van der Waals surface area contributed by atoms with Crippen LogP contribution in [0.3, 0.4) is 0 Å². The van der Waals surface area contributed by atoms with Gasteiger partial charge in [-0.05, 0) is 25.1 Å². The van der Waals surface area contributed by atoms with Gasteiger partial charge in [-0.2, -0.15) is 0 Å². The zero-order chi connectivity index (χ0) is 14.3. The highest BCUT2D eigenvalue weighted by Crippen LogP contribution is 2.36. The van der Waals surface area contributed by atoms with E-state index in [1.165, 1.54) is 5.56 Å². The van der Waals surface area contributed by atoms with Crippen molar-refractivity contribution < 1.29 is 8.63 Å². The maximum Gasteiger partial charge on any atom is 0.151 e. The molecule has 2 nitrogen and oxygen atoms in total. The highest BCUT2D eigenvalue weighted by molar-refractivity contribution is 7.84. The van der Waals surface area contributed by atoms with Crippen LogP contribution in [-0.2, 0) is 10.8 Å². The van der Waals surface area contributed by atoms with Crippen molar-refractivity contribution in [3.63, 3.8) is 0 Å². The van der Waals surface area contributed by atoms with Crippen LogP contribution in [0.25, 0.3) is 22.3 Å². The summed E-state index contributed by atoms with van der Waals surface area (Å²) in [7, 11) is -1.15. The van der Waals surface area contributed by atoms with Crippen molar-refractivity contribution in [2.24, 2.45) is 0 Å². The smallest absolute Gasteiger partial charge is 0.151 e. The number of hydrogen-bond acceptors (Lipinski definition) is 2. The Morgan fingerprint density at radius 3 is 2.45 bits per heavy atom.